The van der Waals surface area contributed by atoms with E-state index in [1.165, 1.54) is 53.6 Å². The van der Waals surface area contributed by atoms with Crippen LogP contribution in [0.2, 0.25) is 0 Å². The Balaban J connectivity index is 1.06. The highest BCUT2D eigenvalue weighted by atomic mass is 32.1. The summed E-state index contributed by atoms with van der Waals surface area (Å²) < 4.78 is 2.55. The first-order valence-corrected chi connectivity index (χ1v) is 21.2. The van der Waals surface area contributed by atoms with Crippen molar-refractivity contribution in [2.75, 3.05) is 0 Å². The molecule has 0 aliphatic heterocycles. The number of fused-ring (bicyclic) bond motifs is 7. The molecular formula is C56H35N3S. The van der Waals surface area contributed by atoms with E-state index in [9.17, 15) is 0 Å². The van der Waals surface area contributed by atoms with Gasteiger partial charge in [-0.25, -0.2) is 15.0 Å². The van der Waals surface area contributed by atoms with Crippen molar-refractivity contribution >= 4 is 42.3 Å². The van der Waals surface area contributed by atoms with Gasteiger partial charge < -0.3 is 0 Å². The standard InChI is InChI=1S/C56H35N3S/c1-4-16-36(17-5-1)53-57-54(37-18-6-2-7-19-37)59-55(58-53)48-34-40(32-39-20-10-11-23-43(39)48)38-28-30-51-46(33-38)47-35-42(29-31-52(47)60-51)56(41-21-8-3-9-22-41)49-26-14-12-24-44(49)45-25-13-15-27-50(45)56/h1-35H. The van der Waals surface area contributed by atoms with Crippen LogP contribution in [0.4, 0.5) is 0 Å². The molecule has 60 heavy (non-hydrogen) atoms. The molecule has 0 N–H and O–H groups in total. The first-order valence-electron chi connectivity index (χ1n) is 20.3. The maximum absolute atomic E-state index is 5.16. The molecular weight excluding hydrogens is 747 g/mol. The van der Waals surface area contributed by atoms with E-state index in [4.69, 9.17) is 15.0 Å². The molecule has 11 aromatic rings. The maximum Gasteiger partial charge on any atom is 0.164 e. The van der Waals surface area contributed by atoms with Crippen LogP contribution in [0.15, 0.2) is 212 Å². The fourth-order valence-corrected chi connectivity index (χ4v) is 10.6. The molecule has 0 fully saturated rings. The first-order chi connectivity index (χ1) is 29.7. The summed E-state index contributed by atoms with van der Waals surface area (Å²) in [6, 6.07) is 76.5. The van der Waals surface area contributed by atoms with E-state index < -0.39 is 5.41 Å². The Labute approximate surface area is 352 Å². The fourth-order valence-electron chi connectivity index (χ4n) is 9.49. The van der Waals surface area contributed by atoms with Crippen LogP contribution >= 0.6 is 11.3 Å². The Hall–Kier alpha value is -7.53. The van der Waals surface area contributed by atoms with Crippen molar-refractivity contribution in [2.24, 2.45) is 0 Å². The second-order valence-electron chi connectivity index (χ2n) is 15.5. The van der Waals surface area contributed by atoms with E-state index in [2.05, 4.69) is 176 Å². The monoisotopic (exact) mass is 781 g/mol. The average Bonchev–Trinajstić information content (AvgIpc) is 3.85. The van der Waals surface area contributed by atoms with E-state index in [-0.39, 0.29) is 0 Å². The molecule has 2 heterocycles. The minimum Gasteiger partial charge on any atom is -0.208 e. The lowest BCUT2D eigenvalue weighted by atomic mass is 9.67. The van der Waals surface area contributed by atoms with Crippen molar-refractivity contribution in [1.82, 2.24) is 15.0 Å². The number of aromatic nitrogens is 3. The summed E-state index contributed by atoms with van der Waals surface area (Å²) in [5.41, 5.74) is 12.5. The molecule has 0 bridgehead atoms. The van der Waals surface area contributed by atoms with Gasteiger partial charge in [0.1, 0.15) is 0 Å². The summed E-state index contributed by atoms with van der Waals surface area (Å²) >= 11 is 1.86. The molecule has 1 aliphatic carbocycles. The van der Waals surface area contributed by atoms with Gasteiger partial charge in [-0.15, -0.1) is 11.3 Å². The highest BCUT2D eigenvalue weighted by Gasteiger charge is 2.46. The number of nitrogens with zero attached hydrogens (tertiary/aromatic N) is 3. The lowest BCUT2D eigenvalue weighted by Crippen LogP contribution is -2.28. The molecule has 0 saturated heterocycles. The van der Waals surface area contributed by atoms with Crippen LogP contribution in [0, 0.1) is 0 Å². The Morgan fingerprint density at radius 2 is 0.850 bits per heavy atom. The first kappa shape index (κ1) is 34.5. The molecule has 3 nitrogen and oxygen atoms in total. The van der Waals surface area contributed by atoms with E-state index in [0.29, 0.717) is 17.5 Å². The van der Waals surface area contributed by atoms with Crippen LogP contribution in [0.25, 0.3) is 87.4 Å². The van der Waals surface area contributed by atoms with Gasteiger partial charge in [-0.05, 0) is 91.7 Å². The molecule has 0 unspecified atom stereocenters. The van der Waals surface area contributed by atoms with Crippen molar-refractivity contribution in [3.8, 4) is 56.4 Å². The third kappa shape index (κ3) is 5.38. The molecule has 0 saturated carbocycles. The minimum atomic E-state index is -0.455. The second kappa shape index (κ2) is 13.8. The third-order valence-corrected chi connectivity index (χ3v) is 13.3. The smallest absolute Gasteiger partial charge is 0.164 e. The zero-order chi connectivity index (χ0) is 39.6. The average molecular weight is 782 g/mol. The maximum atomic E-state index is 5.16. The SMILES string of the molecule is c1ccc(-c2nc(-c3ccccc3)nc(-c3cc(-c4ccc5sc6ccc(C7(c8ccccc8)c8ccccc8-c8ccccc87)cc6c5c4)cc4ccccc34)n2)cc1. The van der Waals surface area contributed by atoms with Gasteiger partial charge in [-0.3, -0.25) is 0 Å². The van der Waals surface area contributed by atoms with Gasteiger partial charge in [0.2, 0.25) is 0 Å². The molecule has 12 rings (SSSR count). The molecule has 0 amide bonds. The van der Waals surface area contributed by atoms with Gasteiger partial charge in [-0.2, -0.15) is 0 Å². The van der Waals surface area contributed by atoms with Gasteiger partial charge in [0.05, 0.1) is 5.41 Å². The number of benzene rings is 9. The Bertz CT molecular complexity index is 3330. The van der Waals surface area contributed by atoms with E-state index in [1.54, 1.807) is 0 Å². The highest BCUT2D eigenvalue weighted by Crippen LogP contribution is 2.56. The number of rotatable bonds is 6. The van der Waals surface area contributed by atoms with Crippen LogP contribution in [0.5, 0.6) is 0 Å². The van der Waals surface area contributed by atoms with Crippen molar-refractivity contribution < 1.29 is 0 Å². The summed E-state index contributed by atoms with van der Waals surface area (Å²) in [6.07, 6.45) is 0. The molecule has 2 aromatic heterocycles. The Morgan fingerprint density at radius 1 is 0.317 bits per heavy atom. The van der Waals surface area contributed by atoms with Crippen molar-refractivity contribution in [1.29, 1.82) is 0 Å². The van der Waals surface area contributed by atoms with Gasteiger partial charge in [0.25, 0.3) is 0 Å². The quantitative estimate of drug-likeness (QED) is 0.169. The predicted molar refractivity (Wildman–Crippen MR) is 249 cm³/mol. The largest absolute Gasteiger partial charge is 0.208 e. The normalized spacial score (nSPS) is 12.8. The molecule has 0 radical (unpaired) electrons. The van der Waals surface area contributed by atoms with Gasteiger partial charge >= 0.3 is 0 Å². The summed E-state index contributed by atoms with van der Waals surface area (Å²) in [7, 11) is 0. The van der Waals surface area contributed by atoms with Crippen molar-refractivity contribution in [3.63, 3.8) is 0 Å². The molecule has 9 aromatic carbocycles. The summed E-state index contributed by atoms with van der Waals surface area (Å²) in [4.78, 5) is 15.3. The minimum absolute atomic E-state index is 0.455. The highest BCUT2D eigenvalue weighted by molar-refractivity contribution is 7.25. The zero-order valence-corrected chi connectivity index (χ0v) is 33.3. The lowest BCUT2D eigenvalue weighted by molar-refractivity contribution is 0.770. The van der Waals surface area contributed by atoms with Gasteiger partial charge in [-0.1, -0.05) is 176 Å². The molecule has 0 spiro atoms. The van der Waals surface area contributed by atoms with Crippen LogP contribution in [-0.2, 0) is 5.41 Å². The lowest BCUT2D eigenvalue weighted by Gasteiger charge is -2.34. The van der Waals surface area contributed by atoms with Crippen molar-refractivity contribution in [2.45, 2.75) is 5.41 Å². The predicted octanol–water partition coefficient (Wildman–Crippen LogP) is 14.4. The van der Waals surface area contributed by atoms with E-state index >= 15 is 0 Å². The Kier molecular flexibility index (Phi) is 7.94. The second-order valence-corrected chi connectivity index (χ2v) is 16.6. The Morgan fingerprint density at radius 3 is 1.52 bits per heavy atom. The van der Waals surface area contributed by atoms with Gasteiger partial charge in [0.15, 0.2) is 17.5 Å². The van der Waals surface area contributed by atoms with Crippen molar-refractivity contribution in [3.05, 3.63) is 235 Å². The van der Waals surface area contributed by atoms with E-state index in [1.807, 2.05) is 47.7 Å². The molecule has 1 aliphatic rings. The summed E-state index contributed by atoms with van der Waals surface area (Å²) in [5.74, 6) is 1.95. The fraction of sp³-hybridized carbons (Fsp3) is 0.0179. The number of thiophene rings is 1. The van der Waals surface area contributed by atoms with Crippen LogP contribution in [-0.4, -0.2) is 15.0 Å². The topological polar surface area (TPSA) is 38.7 Å². The van der Waals surface area contributed by atoms with Crippen LogP contribution < -0.4 is 0 Å². The molecule has 0 atom stereocenters. The van der Waals surface area contributed by atoms with Crippen LogP contribution in [0.3, 0.4) is 0 Å². The summed E-state index contributed by atoms with van der Waals surface area (Å²) in [5, 5.41) is 4.75. The van der Waals surface area contributed by atoms with Gasteiger partial charge in [0, 0.05) is 36.9 Å². The molecule has 4 heteroatoms. The summed E-state index contributed by atoms with van der Waals surface area (Å²) in [6.45, 7) is 0. The third-order valence-electron chi connectivity index (χ3n) is 12.2. The number of hydrogen-bond donors (Lipinski definition) is 0. The van der Waals surface area contributed by atoms with E-state index in [0.717, 1.165) is 38.6 Å². The number of hydrogen-bond acceptors (Lipinski definition) is 4. The molecule has 280 valence electrons. The van der Waals surface area contributed by atoms with Crippen LogP contribution in [0.1, 0.15) is 22.3 Å². The zero-order valence-electron chi connectivity index (χ0n) is 32.5.